The number of hydrogen-bond acceptors (Lipinski definition) is 3. The third kappa shape index (κ3) is 3.33. The van der Waals surface area contributed by atoms with Crippen LogP contribution in [-0.4, -0.2) is 50.2 Å². The Balaban J connectivity index is 2.38. The summed E-state index contributed by atoms with van der Waals surface area (Å²) in [5.41, 5.74) is 1.25. The second-order valence-corrected chi connectivity index (χ2v) is 7.70. The van der Waals surface area contributed by atoms with Gasteiger partial charge in [-0.3, -0.25) is 4.79 Å². The van der Waals surface area contributed by atoms with Gasteiger partial charge in [0.15, 0.2) is 0 Å². The largest absolute Gasteiger partial charge is 0.342 e. The summed E-state index contributed by atoms with van der Waals surface area (Å²) in [7, 11) is -1.79. The van der Waals surface area contributed by atoms with Crippen LogP contribution in [0.3, 0.4) is 0 Å². The molecular weight excluding hydrogens is 300 g/mol. The standard InChI is InChI=1S/C16H24N2O3S/c1-4-17(3)16(19)15-12-14(9-8-13(15)2)22(20,21)18-10-6-5-7-11-18/h8-9,12H,4-7,10-11H2,1-3H3. The molecule has 5 nitrogen and oxygen atoms in total. The van der Waals surface area contributed by atoms with Crippen LogP contribution in [0.4, 0.5) is 0 Å². The fourth-order valence-electron chi connectivity index (χ4n) is 2.60. The van der Waals surface area contributed by atoms with E-state index in [0.29, 0.717) is 25.2 Å². The Morgan fingerprint density at radius 2 is 1.86 bits per heavy atom. The Morgan fingerprint density at radius 3 is 2.45 bits per heavy atom. The van der Waals surface area contributed by atoms with E-state index in [4.69, 9.17) is 0 Å². The van der Waals surface area contributed by atoms with E-state index in [0.717, 1.165) is 24.8 Å². The Kier molecular flexibility index (Phi) is 5.24. The number of carbonyl (C=O) groups excluding carboxylic acids is 1. The second-order valence-electron chi connectivity index (χ2n) is 5.76. The molecule has 0 N–H and O–H groups in total. The van der Waals surface area contributed by atoms with Gasteiger partial charge >= 0.3 is 0 Å². The van der Waals surface area contributed by atoms with Crippen molar-refractivity contribution < 1.29 is 13.2 Å². The van der Waals surface area contributed by atoms with Crippen LogP contribution in [0, 0.1) is 6.92 Å². The number of rotatable bonds is 4. The fraction of sp³-hybridized carbons (Fsp3) is 0.562. The molecule has 22 heavy (non-hydrogen) atoms. The van der Waals surface area contributed by atoms with Gasteiger partial charge < -0.3 is 4.90 Å². The van der Waals surface area contributed by atoms with Crippen LogP contribution in [0.1, 0.15) is 42.1 Å². The van der Waals surface area contributed by atoms with Crippen molar-refractivity contribution in [1.82, 2.24) is 9.21 Å². The normalized spacial score (nSPS) is 16.5. The molecule has 0 aliphatic carbocycles. The first-order chi connectivity index (χ1) is 10.4. The van der Waals surface area contributed by atoms with Gasteiger partial charge in [0.2, 0.25) is 10.0 Å². The van der Waals surface area contributed by atoms with Crippen LogP contribution in [0.15, 0.2) is 23.1 Å². The van der Waals surface area contributed by atoms with Crippen molar-refractivity contribution in [2.75, 3.05) is 26.7 Å². The highest BCUT2D eigenvalue weighted by Gasteiger charge is 2.27. The van der Waals surface area contributed by atoms with E-state index in [9.17, 15) is 13.2 Å². The number of hydrogen-bond donors (Lipinski definition) is 0. The summed E-state index contributed by atoms with van der Waals surface area (Å²) >= 11 is 0. The average Bonchev–Trinajstić information content (AvgIpc) is 2.54. The molecule has 0 bridgehead atoms. The van der Waals surface area contributed by atoms with Crippen molar-refractivity contribution in [1.29, 1.82) is 0 Å². The van der Waals surface area contributed by atoms with Gasteiger partial charge in [-0.05, 0) is 44.4 Å². The van der Waals surface area contributed by atoms with Crippen molar-refractivity contribution >= 4 is 15.9 Å². The van der Waals surface area contributed by atoms with Crippen LogP contribution < -0.4 is 0 Å². The first-order valence-corrected chi connectivity index (χ1v) is 9.18. The number of amides is 1. The van der Waals surface area contributed by atoms with E-state index in [1.807, 2.05) is 13.8 Å². The van der Waals surface area contributed by atoms with E-state index in [1.165, 1.54) is 10.4 Å². The van der Waals surface area contributed by atoms with Crippen LogP contribution in [-0.2, 0) is 10.0 Å². The van der Waals surface area contributed by atoms with Gasteiger partial charge in [-0.15, -0.1) is 0 Å². The van der Waals surface area contributed by atoms with Crippen LogP contribution in [0.2, 0.25) is 0 Å². The molecule has 1 aromatic carbocycles. The lowest BCUT2D eigenvalue weighted by atomic mass is 10.1. The Labute approximate surface area is 133 Å². The van der Waals surface area contributed by atoms with E-state index in [2.05, 4.69) is 0 Å². The minimum absolute atomic E-state index is 0.143. The summed E-state index contributed by atoms with van der Waals surface area (Å²) < 4.78 is 27.0. The molecule has 1 aliphatic heterocycles. The predicted molar refractivity (Wildman–Crippen MR) is 86.4 cm³/mol. The van der Waals surface area contributed by atoms with Gasteiger partial charge in [-0.25, -0.2) is 8.42 Å². The van der Waals surface area contributed by atoms with E-state index >= 15 is 0 Å². The SMILES string of the molecule is CCN(C)C(=O)c1cc(S(=O)(=O)N2CCCCC2)ccc1C. The molecule has 6 heteroatoms. The summed E-state index contributed by atoms with van der Waals surface area (Å²) in [6.45, 7) is 5.43. The fourth-order valence-corrected chi connectivity index (χ4v) is 4.14. The molecule has 0 atom stereocenters. The van der Waals surface area contributed by atoms with Gasteiger partial charge in [0.25, 0.3) is 5.91 Å². The highest BCUT2D eigenvalue weighted by molar-refractivity contribution is 7.89. The Hall–Kier alpha value is -1.40. The summed E-state index contributed by atoms with van der Waals surface area (Å²) in [5.74, 6) is -0.143. The molecule has 0 spiro atoms. The highest BCUT2D eigenvalue weighted by Crippen LogP contribution is 2.23. The first-order valence-electron chi connectivity index (χ1n) is 7.74. The van der Waals surface area contributed by atoms with Crippen molar-refractivity contribution in [3.63, 3.8) is 0 Å². The lowest BCUT2D eigenvalue weighted by Gasteiger charge is -2.26. The van der Waals surface area contributed by atoms with E-state index in [1.54, 1.807) is 24.1 Å². The lowest BCUT2D eigenvalue weighted by molar-refractivity contribution is 0.0801. The maximum Gasteiger partial charge on any atom is 0.253 e. The molecule has 1 aliphatic rings. The number of sulfonamides is 1. The molecule has 0 unspecified atom stereocenters. The van der Waals surface area contributed by atoms with Gasteiger partial charge in [0.05, 0.1) is 4.90 Å². The van der Waals surface area contributed by atoms with E-state index in [-0.39, 0.29) is 10.8 Å². The summed E-state index contributed by atoms with van der Waals surface area (Å²) in [4.78, 5) is 14.2. The van der Waals surface area contributed by atoms with Gasteiger partial charge in [0.1, 0.15) is 0 Å². The van der Waals surface area contributed by atoms with Crippen molar-refractivity contribution in [3.8, 4) is 0 Å². The smallest absolute Gasteiger partial charge is 0.253 e. The Bertz CT molecular complexity index is 649. The molecular formula is C16H24N2O3S. The maximum atomic E-state index is 12.7. The number of carbonyl (C=O) groups is 1. The van der Waals surface area contributed by atoms with Crippen LogP contribution in [0.25, 0.3) is 0 Å². The molecule has 122 valence electrons. The number of nitrogens with zero attached hydrogens (tertiary/aromatic N) is 2. The zero-order chi connectivity index (χ0) is 16.3. The number of aryl methyl sites for hydroxylation is 1. The molecule has 1 fully saturated rings. The summed E-state index contributed by atoms with van der Waals surface area (Å²) in [6.07, 6.45) is 2.87. The lowest BCUT2D eigenvalue weighted by Crippen LogP contribution is -2.35. The minimum Gasteiger partial charge on any atom is -0.342 e. The van der Waals surface area contributed by atoms with Crippen molar-refractivity contribution in [3.05, 3.63) is 29.3 Å². The molecule has 1 aromatic rings. The molecule has 1 amide bonds. The Morgan fingerprint density at radius 1 is 1.23 bits per heavy atom. The molecule has 0 saturated carbocycles. The van der Waals surface area contributed by atoms with E-state index < -0.39 is 10.0 Å². The first kappa shape index (κ1) is 17.0. The molecule has 0 aromatic heterocycles. The number of piperidine rings is 1. The quantitative estimate of drug-likeness (QED) is 0.853. The van der Waals surface area contributed by atoms with Gasteiger partial charge in [0, 0.05) is 32.2 Å². The minimum atomic E-state index is -3.50. The third-order valence-corrected chi connectivity index (χ3v) is 6.11. The summed E-state index contributed by atoms with van der Waals surface area (Å²) in [5, 5.41) is 0. The van der Waals surface area contributed by atoms with Crippen LogP contribution in [0.5, 0.6) is 0 Å². The highest BCUT2D eigenvalue weighted by atomic mass is 32.2. The second kappa shape index (κ2) is 6.79. The molecule has 1 saturated heterocycles. The molecule has 1 heterocycles. The topological polar surface area (TPSA) is 57.7 Å². The molecule has 0 radical (unpaired) electrons. The van der Waals surface area contributed by atoms with Crippen molar-refractivity contribution in [2.45, 2.75) is 38.0 Å². The zero-order valence-electron chi connectivity index (χ0n) is 13.5. The predicted octanol–water partition coefficient (Wildman–Crippen LogP) is 2.26. The van der Waals surface area contributed by atoms with Gasteiger partial charge in [-0.2, -0.15) is 4.31 Å². The van der Waals surface area contributed by atoms with Gasteiger partial charge in [-0.1, -0.05) is 12.5 Å². The average molecular weight is 324 g/mol. The van der Waals surface area contributed by atoms with Crippen LogP contribution >= 0.6 is 0 Å². The summed E-state index contributed by atoms with van der Waals surface area (Å²) in [6, 6.07) is 4.84. The maximum absolute atomic E-state index is 12.7. The number of benzene rings is 1. The molecule has 2 rings (SSSR count). The third-order valence-electron chi connectivity index (χ3n) is 4.21. The zero-order valence-corrected chi connectivity index (χ0v) is 14.3. The van der Waals surface area contributed by atoms with Crippen molar-refractivity contribution in [2.24, 2.45) is 0 Å². The monoisotopic (exact) mass is 324 g/mol.